The first kappa shape index (κ1) is 11.1. The Morgan fingerprint density at radius 1 is 1.55 bits per heavy atom. The van der Waals surface area contributed by atoms with Gasteiger partial charge in [0.05, 0.1) is 0 Å². The lowest BCUT2D eigenvalue weighted by Gasteiger charge is -2.11. The molecule has 0 bridgehead atoms. The Kier molecular flexibility index (Phi) is 5.81. The fraction of sp³-hybridized carbons (Fsp3) is 1.00. The van der Waals surface area contributed by atoms with Crippen molar-refractivity contribution >= 4 is 22.6 Å². The van der Waals surface area contributed by atoms with E-state index < -0.39 is 0 Å². The summed E-state index contributed by atoms with van der Waals surface area (Å²) in [6.07, 6.45) is 0.962. The molecule has 0 radical (unpaired) electrons. The van der Waals surface area contributed by atoms with Crippen molar-refractivity contribution in [1.82, 2.24) is 0 Å². The molecule has 0 saturated carbocycles. The van der Waals surface area contributed by atoms with E-state index in [0.717, 1.165) is 10.8 Å². The fourth-order valence-corrected chi connectivity index (χ4v) is 1.70. The highest BCUT2D eigenvalue weighted by atomic mass is 127. The molecule has 0 heterocycles. The molecule has 0 aliphatic carbocycles. The summed E-state index contributed by atoms with van der Waals surface area (Å²) in [5.41, 5.74) is 0. The predicted molar refractivity (Wildman–Crippen MR) is 53.7 cm³/mol. The van der Waals surface area contributed by atoms with Crippen LogP contribution < -0.4 is 0 Å². The number of nitro groups is 1. The van der Waals surface area contributed by atoms with E-state index in [1.54, 1.807) is 0 Å². The van der Waals surface area contributed by atoms with Gasteiger partial charge in [-0.15, -0.1) is 0 Å². The topological polar surface area (TPSA) is 43.1 Å². The van der Waals surface area contributed by atoms with Crippen molar-refractivity contribution in [2.24, 2.45) is 11.8 Å². The van der Waals surface area contributed by atoms with Gasteiger partial charge in [-0.1, -0.05) is 36.4 Å². The summed E-state index contributed by atoms with van der Waals surface area (Å²) in [7, 11) is 0. The predicted octanol–water partition coefficient (Wildman–Crippen LogP) is 2.36. The van der Waals surface area contributed by atoms with Gasteiger partial charge in [0, 0.05) is 15.3 Å². The van der Waals surface area contributed by atoms with Gasteiger partial charge in [-0.25, -0.2) is 0 Å². The Balaban J connectivity index is 3.66. The molecule has 0 unspecified atom stereocenters. The number of nitrogens with zero attached hydrogens (tertiary/aromatic N) is 1. The summed E-state index contributed by atoms with van der Waals surface area (Å²) in [5, 5.41) is 10.2. The first-order valence-electron chi connectivity index (χ1n) is 3.74. The molecule has 11 heavy (non-hydrogen) atoms. The van der Waals surface area contributed by atoms with Crippen LogP contribution in [0.5, 0.6) is 0 Å². The maximum absolute atomic E-state index is 10.2. The largest absolute Gasteiger partial charge is 0.265 e. The van der Waals surface area contributed by atoms with E-state index in [1.807, 2.05) is 0 Å². The molecule has 0 saturated heterocycles. The van der Waals surface area contributed by atoms with Crippen molar-refractivity contribution in [1.29, 1.82) is 0 Å². The Morgan fingerprint density at radius 3 is 2.36 bits per heavy atom. The monoisotopic (exact) mass is 271 g/mol. The molecular weight excluding hydrogens is 257 g/mol. The molecule has 0 N–H and O–H groups in total. The number of alkyl halides is 1. The van der Waals surface area contributed by atoms with Crippen LogP contribution in [0.3, 0.4) is 0 Å². The van der Waals surface area contributed by atoms with Crippen LogP contribution >= 0.6 is 22.6 Å². The fourth-order valence-electron chi connectivity index (χ4n) is 1.06. The third-order valence-corrected chi connectivity index (χ3v) is 2.68. The molecular formula is C7H14INO2. The molecule has 0 aromatic heterocycles. The second kappa shape index (κ2) is 5.74. The molecule has 0 rings (SSSR count). The minimum absolute atomic E-state index is 0.126. The lowest BCUT2D eigenvalue weighted by Crippen LogP contribution is -2.17. The van der Waals surface area contributed by atoms with E-state index in [4.69, 9.17) is 0 Å². The highest BCUT2D eigenvalue weighted by Gasteiger charge is 2.14. The number of rotatable bonds is 5. The van der Waals surface area contributed by atoms with Gasteiger partial charge in [0.2, 0.25) is 6.54 Å². The van der Waals surface area contributed by atoms with Gasteiger partial charge in [-0.3, -0.25) is 10.1 Å². The number of hydrogen-bond donors (Lipinski definition) is 0. The summed E-state index contributed by atoms with van der Waals surface area (Å²) in [6, 6.07) is 0. The van der Waals surface area contributed by atoms with Crippen molar-refractivity contribution < 1.29 is 4.92 Å². The normalized spacial score (nSPS) is 13.5. The number of halogens is 1. The van der Waals surface area contributed by atoms with E-state index >= 15 is 0 Å². The second-order valence-corrected chi connectivity index (χ2v) is 4.05. The average molecular weight is 271 g/mol. The molecule has 3 nitrogen and oxygen atoms in total. The van der Waals surface area contributed by atoms with Crippen LogP contribution in [0.2, 0.25) is 0 Å². The first-order chi connectivity index (χ1) is 5.06. The summed E-state index contributed by atoms with van der Waals surface area (Å²) in [4.78, 5) is 9.94. The van der Waals surface area contributed by atoms with Crippen molar-refractivity contribution in [2.75, 3.05) is 11.0 Å². The molecule has 1 atom stereocenters. The van der Waals surface area contributed by atoms with Gasteiger partial charge >= 0.3 is 0 Å². The smallest absolute Gasteiger partial charge is 0.207 e. The molecule has 0 amide bonds. The van der Waals surface area contributed by atoms with E-state index in [2.05, 4.69) is 36.4 Å². The van der Waals surface area contributed by atoms with Crippen molar-refractivity contribution in [3.8, 4) is 0 Å². The highest BCUT2D eigenvalue weighted by Crippen LogP contribution is 2.14. The van der Waals surface area contributed by atoms with Crippen molar-refractivity contribution in [3.05, 3.63) is 10.1 Å². The maximum Gasteiger partial charge on any atom is 0.207 e. The summed E-state index contributed by atoms with van der Waals surface area (Å²) >= 11 is 2.21. The van der Waals surface area contributed by atoms with Crippen LogP contribution in [0.15, 0.2) is 0 Å². The summed E-state index contributed by atoms with van der Waals surface area (Å²) in [6.45, 7) is 4.32. The standard InChI is InChI=1S/C7H14INO2/c1-6(2)3-7(4-8)5-9(10)11/h6-7H,3-5H2,1-2H3/t7-/m0/s1. The zero-order chi connectivity index (χ0) is 8.85. The molecule has 0 aliphatic rings. The van der Waals surface area contributed by atoms with Gasteiger partial charge in [-0.2, -0.15) is 0 Å². The maximum atomic E-state index is 10.2. The van der Waals surface area contributed by atoms with Crippen LogP contribution in [0.4, 0.5) is 0 Å². The van der Waals surface area contributed by atoms with Gasteiger partial charge in [0.1, 0.15) is 0 Å². The molecule has 0 fully saturated rings. The highest BCUT2D eigenvalue weighted by molar-refractivity contribution is 14.1. The molecule has 0 aromatic rings. The van der Waals surface area contributed by atoms with Crippen LogP contribution in [-0.4, -0.2) is 15.9 Å². The lowest BCUT2D eigenvalue weighted by atomic mass is 9.99. The van der Waals surface area contributed by atoms with Crippen molar-refractivity contribution in [3.63, 3.8) is 0 Å². The molecule has 4 heteroatoms. The van der Waals surface area contributed by atoms with Gasteiger partial charge in [0.15, 0.2) is 0 Å². The summed E-state index contributed by atoms with van der Waals surface area (Å²) < 4.78 is 0.886. The Morgan fingerprint density at radius 2 is 2.09 bits per heavy atom. The molecule has 0 aromatic carbocycles. The average Bonchev–Trinajstić information content (AvgIpc) is 1.84. The third-order valence-electron chi connectivity index (χ3n) is 1.43. The lowest BCUT2D eigenvalue weighted by molar-refractivity contribution is -0.487. The van der Waals surface area contributed by atoms with Gasteiger partial charge in [0.25, 0.3) is 0 Å². The van der Waals surface area contributed by atoms with Crippen LogP contribution in [0, 0.1) is 22.0 Å². The van der Waals surface area contributed by atoms with E-state index in [1.165, 1.54) is 0 Å². The zero-order valence-corrected chi connectivity index (χ0v) is 9.08. The Hall–Kier alpha value is 0.130. The minimum atomic E-state index is -0.217. The van der Waals surface area contributed by atoms with E-state index in [9.17, 15) is 10.1 Å². The Labute approximate surface area is 80.8 Å². The first-order valence-corrected chi connectivity index (χ1v) is 5.26. The SMILES string of the molecule is CC(C)C[C@@H](CI)C[N+](=O)[O-]. The Bertz CT molecular complexity index is 128. The van der Waals surface area contributed by atoms with Crippen LogP contribution in [0.25, 0.3) is 0 Å². The molecule has 0 aliphatic heterocycles. The number of hydrogen-bond acceptors (Lipinski definition) is 2. The van der Waals surface area contributed by atoms with Crippen LogP contribution in [-0.2, 0) is 0 Å². The minimum Gasteiger partial charge on any atom is -0.265 e. The van der Waals surface area contributed by atoms with E-state index in [0.29, 0.717) is 5.92 Å². The quantitative estimate of drug-likeness (QED) is 0.333. The zero-order valence-electron chi connectivity index (χ0n) is 6.92. The summed E-state index contributed by atoms with van der Waals surface area (Å²) in [5.74, 6) is 0.820. The second-order valence-electron chi connectivity index (χ2n) is 3.17. The van der Waals surface area contributed by atoms with E-state index in [-0.39, 0.29) is 17.4 Å². The van der Waals surface area contributed by atoms with Gasteiger partial charge in [-0.05, 0) is 12.3 Å². The third kappa shape index (κ3) is 6.52. The molecule has 0 spiro atoms. The van der Waals surface area contributed by atoms with Gasteiger partial charge < -0.3 is 0 Å². The van der Waals surface area contributed by atoms with Crippen molar-refractivity contribution in [2.45, 2.75) is 20.3 Å². The molecule has 66 valence electrons. The van der Waals surface area contributed by atoms with Crippen LogP contribution in [0.1, 0.15) is 20.3 Å².